The number of hydrogen-bond acceptors (Lipinski definition) is 3. The van der Waals surface area contributed by atoms with Crippen LogP contribution in [0.2, 0.25) is 0 Å². The highest BCUT2D eigenvalue weighted by Crippen LogP contribution is 2.19. The van der Waals surface area contributed by atoms with Crippen molar-refractivity contribution < 1.29 is 4.74 Å². The molecule has 0 spiro atoms. The van der Waals surface area contributed by atoms with Gasteiger partial charge in [0.2, 0.25) is 0 Å². The minimum Gasteiger partial charge on any atom is -0.489 e. The zero-order valence-corrected chi connectivity index (χ0v) is 14.6. The van der Waals surface area contributed by atoms with E-state index >= 15 is 0 Å². The number of rotatable bonds is 6. The molecule has 0 heterocycles. The molecule has 0 bridgehead atoms. The molecule has 0 fully saturated rings. The monoisotopic (exact) mass is 380 g/mol. The van der Waals surface area contributed by atoms with Gasteiger partial charge in [0.25, 0.3) is 0 Å². The Morgan fingerprint density at radius 3 is 2.33 bits per heavy atom. The maximum absolute atomic E-state index is 5.81. The van der Waals surface area contributed by atoms with Crippen molar-refractivity contribution in [3.8, 4) is 5.75 Å². The number of nitrogens with one attached hydrogen (secondary N) is 1. The maximum atomic E-state index is 5.81. The summed E-state index contributed by atoms with van der Waals surface area (Å²) in [4.78, 5) is 0. The number of hydrogen-bond donors (Lipinski definition) is 1. The summed E-state index contributed by atoms with van der Waals surface area (Å²) in [6, 6.07) is 25.7. The molecule has 0 amide bonds. The van der Waals surface area contributed by atoms with Gasteiger partial charge in [0.15, 0.2) is 0 Å². The fourth-order valence-corrected chi connectivity index (χ4v) is 2.52. The van der Waals surface area contributed by atoms with Crippen LogP contribution < -0.4 is 10.2 Å². The SMILES string of the molecule is Brc1ccccc1COc1ccc(C=NNc2ccccc2)cc1. The molecule has 3 rings (SSSR count). The smallest absolute Gasteiger partial charge is 0.119 e. The molecule has 4 heteroatoms. The van der Waals surface area contributed by atoms with Crippen LogP contribution in [0.25, 0.3) is 0 Å². The summed E-state index contributed by atoms with van der Waals surface area (Å²) in [6.07, 6.45) is 1.78. The van der Waals surface area contributed by atoms with E-state index in [9.17, 15) is 0 Å². The Morgan fingerprint density at radius 1 is 0.875 bits per heavy atom. The summed E-state index contributed by atoms with van der Waals surface area (Å²) in [6.45, 7) is 0.532. The number of nitrogens with zero attached hydrogens (tertiary/aromatic N) is 1. The van der Waals surface area contributed by atoms with Crippen molar-refractivity contribution in [2.24, 2.45) is 5.10 Å². The Hall–Kier alpha value is -2.59. The van der Waals surface area contributed by atoms with E-state index in [4.69, 9.17) is 4.74 Å². The van der Waals surface area contributed by atoms with Crippen LogP contribution in [0.3, 0.4) is 0 Å². The van der Waals surface area contributed by atoms with Gasteiger partial charge in [-0.1, -0.05) is 52.3 Å². The van der Waals surface area contributed by atoms with Crippen LogP contribution in [0.15, 0.2) is 88.4 Å². The predicted octanol–water partition coefficient (Wildman–Crippen LogP) is 5.47. The maximum Gasteiger partial charge on any atom is 0.119 e. The third-order valence-corrected chi connectivity index (χ3v) is 4.19. The van der Waals surface area contributed by atoms with Crippen LogP contribution in [0.5, 0.6) is 5.75 Å². The summed E-state index contributed by atoms with van der Waals surface area (Å²) in [5.74, 6) is 0.832. The average molecular weight is 381 g/mol. The van der Waals surface area contributed by atoms with Gasteiger partial charge in [0.1, 0.15) is 12.4 Å². The molecule has 24 heavy (non-hydrogen) atoms. The van der Waals surface area contributed by atoms with Crippen LogP contribution in [-0.2, 0) is 6.61 Å². The van der Waals surface area contributed by atoms with Crippen LogP contribution in [0.1, 0.15) is 11.1 Å². The van der Waals surface area contributed by atoms with Gasteiger partial charge < -0.3 is 4.74 Å². The van der Waals surface area contributed by atoms with Gasteiger partial charge in [-0.15, -0.1) is 0 Å². The molecular formula is C20H17BrN2O. The number of halogens is 1. The minimum absolute atomic E-state index is 0.532. The van der Waals surface area contributed by atoms with Gasteiger partial charge in [-0.2, -0.15) is 5.10 Å². The highest BCUT2D eigenvalue weighted by Gasteiger charge is 2.00. The van der Waals surface area contributed by atoms with Crippen LogP contribution >= 0.6 is 15.9 Å². The zero-order valence-electron chi connectivity index (χ0n) is 13.0. The molecule has 3 nitrogen and oxygen atoms in total. The van der Waals surface area contributed by atoms with E-state index in [1.807, 2.05) is 78.9 Å². The lowest BCUT2D eigenvalue weighted by Gasteiger charge is -2.08. The Morgan fingerprint density at radius 2 is 1.58 bits per heavy atom. The second-order valence-electron chi connectivity index (χ2n) is 5.19. The van der Waals surface area contributed by atoms with Gasteiger partial charge in [-0.3, -0.25) is 5.43 Å². The fourth-order valence-electron chi connectivity index (χ4n) is 2.12. The average Bonchev–Trinajstić information content (AvgIpc) is 2.63. The number of benzene rings is 3. The van der Waals surface area contributed by atoms with Crippen molar-refractivity contribution in [3.05, 3.63) is 94.5 Å². The molecule has 3 aromatic rings. The predicted molar refractivity (Wildman–Crippen MR) is 103 cm³/mol. The summed E-state index contributed by atoms with van der Waals surface area (Å²) in [5.41, 5.74) is 6.08. The molecule has 0 aromatic heterocycles. The Bertz CT molecular complexity index is 801. The van der Waals surface area contributed by atoms with Crippen molar-refractivity contribution >= 4 is 27.8 Å². The second kappa shape index (κ2) is 8.31. The standard InChI is InChI=1S/C20H17BrN2O/c21-20-9-5-4-6-17(20)15-24-19-12-10-16(11-13-19)14-22-23-18-7-2-1-3-8-18/h1-14,23H,15H2. The summed E-state index contributed by atoms with van der Waals surface area (Å²) >= 11 is 3.52. The molecule has 120 valence electrons. The third-order valence-electron chi connectivity index (χ3n) is 3.41. The van der Waals surface area contributed by atoms with Crippen LogP contribution in [0, 0.1) is 0 Å². The molecule has 3 aromatic carbocycles. The van der Waals surface area contributed by atoms with Crippen molar-refractivity contribution in [1.82, 2.24) is 0 Å². The molecule has 0 radical (unpaired) electrons. The van der Waals surface area contributed by atoms with E-state index in [-0.39, 0.29) is 0 Å². The third kappa shape index (κ3) is 4.70. The van der Waals surface area contributed by atoms with E-state index in [1.54, 1.807) is 6.21 Å². The van der Waals surface area contributed by atoms with Crippen molar-refractivity contribution in [2.75, 3.05) is 5.43 Å². The first-order valence-electron chi connectivity index (χ1n) is 7.62. The summed E-state index contributed by atoms with van der Waals surface area (Å²) in [5, 5.41) is 4.22. The van der Waals surface area contributed by atoms with Crippen molar-refractivity contribution in [2.45, 2.75) is 6.61 Å². The molecule has 1 N–H and O–H groups in total. The van der Waals surface area contributed by atoms with E-state index in [1.165, 1.54) is 0 Å². The molecule has 0 unspecified atom stereocenters. The van der Waals surface area contributed by atoms with Gasteiger partial charge in [-0.05, 0) is 48.0 Å². The molecule has 0 aliphatic rings. The van der Waals surface area contributed by atoms with Crippen molar-refractivity contribution in [1.29, 1.82) is 0 Å². The van der Waals surface area contributed by atoms with Gasteiger partial charge in [-0.25, -0.2) is 0 Å². The number of hydrazone groups is 1. The fraction of sp³-hybridized carbons (Fsp3) is 0.0500. The summed E-state index contributed by atoms with van der Waals surface area (Å²) < 4.78 is 6.87. The molecule has 0 atom stereocenters. The lowest BCUT2D eigenvalue weighted by atomic mass is 10.2. The Labute approximate surface area is 150 Å². The minimum atomic E-state index is 0.532. The second-order valence-corrected chi connectivity index (χ2v) is 6.04. The van der Waals surface area contributed by atoms with Crippen LogP contribution in [0.4, 0.5) is 5.69 Å². The quantitative estimate of drug-likeness (QED) is 0.454. The molecule has 0 aliphatic heterocycles. The van der Waals surface area contributed by atoms with E-state index < -0.39 is 0 Å². The van der Waals surface area contributed by atoms with Crippen LogP contribution in [-0.4, -0.2) is 6.21 Å². The number of anilines is 1. The molecular weight excluding hydrogens is 364 g/mol. The Balaban J connectivity index is 1.54. The van der Waals surface area contributed by atoms with E-state index in [0.717, 1.165) is 27.0 Å². The first kappa shape index (κ1) is 16.3. The zero-order chi connectivity index (χ0) is 16.6. The molecule has 0 saturated carbocycles. The normalized spacial score (nSPS) is 10.7. The summed E-state index contributed by atoms with van der Waals surface area (Å²) in [7, 11) is 0. The first-order valence-corrected chi connectivity index (χ1v) is 8.41. The van der Waals surface area contributed by atoms with Gasteiger partial charge in [0, 0.05) is 10.0 Å². The lowest BCUT2D eigenvalue weighted by Crippen LogP contribution is -1.96. The number of ether oxygens (including phenoxy) is 1. The lowest BCUT2D eigenvalue weighted by molar-refractivity contribution is 0.305. The topological polar surface area (TPSA) is 33.6 Å². The molecule has 0 saturated heterocycles. The Kier molecular flexibility index (Phi) is 5.64. The first-order chi connectivity index (χ1) is 11.8. The van der Waals surface area contributed by atoms with Gasteiger partial charge >= 0.3 is 0 Å². The highest BCUT2D eigenvalue weighted by molar-refractivity contribution is 9.10. The largest absolute Gasteiger partial charge is 0.489 e. The van der Waals surface area contributed by atoms with E-state index in [2.05, 4.69) is 26.5 Å². The highest BCUT2D eigenvalue weighted by atomic mass is 79.9. The van der Waals surface area contributed by atoms with Gasteiger partial charge in [0.05, 0.1) is 11.9 Å². The number of para-hydroxylation sites is 1. The molecule has 0 aliphatic carbocycles. The van der Waals surface area contributed by atoms with E-state index in [0.29, 0.717) is 6.61 Å². The van der Waals surface area contributed by atoms with Crippen molar-refractivity contribution in [3.63, 3.8) is 0 Å².